The van der Waals surface area contributed by atoms with Crippen LogP contribution in [0.1, 0.15) is 11.5 Å². The molecule has 0 amide bonds. The maximum absolute atomic E-state index is 6.09. The number of nitrogens with zero attached hydrogens (tertiary/aromatic N) is 3. The number of fused-ring (bicyclic) bond motifs is 1. The monoisotopic (exact) mass is 259 g/mol. The lowest BCUT2D eigenvalue weighted by Gasteiger charge is -2.01. The highest BCUT2D eigenvalue weighted by atomic mass is 35.5. The van der Waals surface area contributed by atoms with Crippen molar-refractivity contribution in [2.45, 2.75) is 13.8 Å². The molecule has 18 heavy (non-hydrogen) atoms. The van der Waals surface area contributed by atoms with Crippen LogP contribution in [-0.2, 0) is 0 Å². The van der Waals surface area contributed by atoms with Crippen molar-refractivity contribution in [2.75, 3.05) is 0 Å². The molecule has 4 nitrogen and oxygen atoms in total. The average molecular weight is 260 g/mol. The zero-order chi connectivity index (χ0) is 12.7. The third-order valence-corrected chi connectivity index (χ3v) is 2.86. The summed E-state index contributed by atoms with van der Waals surface area (Å²) in [5.74, 6) is 1.08. The molecule has 0 aliphatic heterocycles. The lowest BCUT2D eigenvalue weighted by atomic mass is 10.1. The minimum absolute atomic E-state index is 0.313. The van der Waals surface area contributed by atoms with Crippen molar-refractivity contribution < 1.29 is 4.42 Å². The molecular formula is C13H10ClN3O. The van der Waals surface area contributed by atoms with Gasteiger partial charge in [0, 0.05) is 12.5 Å². The summed E-state index contributed by atoms with van der Waals surface area (Å²) in [6, 6.07) is 7.91. The van der Waals surface area contributed by atoms with Crippen molar-refractivity contribution in [3.63, 3.8) is 0 Å². The van der Waals surface area contributed by atoms with Crippen molar-refractivity contribution in [1.29, 1.82) is 0 Å². The summed E-state index contributed by atoms with van der Waals surface area (Å²) in [5.41, 5.74) is 2.98. The maximum Gasteiger partial charge on any atom is 0.252 e. The Kier molecular flexibility index (Phi) is 2.52. The zero-order valence-corrected chi connectivity index (χ0v) is 10.7. The average Bonchev–Trinajstić information content (AvgIpc) is 2.70. The van der Waals surface area contributed by atoms with E-state index in [1.54, 1.807) is 6.92 Å². The van der Waals surface area contributed by atoms with Gasteiger partial charge in [-0.15, -0.1) is 0 Å². The fourth-order valence-electron chi connectivity index (χ4n) is 1.81. The highest BCUT2D eigenvalue weighted by Gasteiger charge is 2.12. The van der Waals surface area contributed by atoms with Gasteiger partial charge in [0.2, 0.25) is 0 Å². The first-order valence-corrected chi connectivity index (χ1v) is 5.89. The van der Waals surface area contributed by atoms with Gasteiger partial charge in [0.05, 0.1) is 0 Å². The first-order chi connectivity index (χ1) is 8.63. The van der Waals surface area contributed by atoms with Crippen molar-refractivity contribution >= 4 is 22.8 Å². The molecule has 0 fully saturated rings. The molecule has 0 radical (unpaired) electrons. The number of oxazole rings is 1. The van der Waals surface area contributed by atoms with E-state index >= 15 is 0 Å². The van der Waals surface area contributed by atoms with Crippen LogP contribution >= 0.6 is 11.6 Å². The summed E-state index contributed by atoms with van der Waals surface area (Å²) in [6.07, 6.45) is 0. The zero-order valence-electron chi connectivity index (χ0n) is 9.94. The maximum atomic E-state index is 6.09. The molecule has 3 aromatic rings. The molecule has 0 saturated heterocycles. The quantitative estimate of drug-likeness (QED) is 0.627. The second-order valence-corrected chi connectivity index (χ2v) is 4.45. The van der Waals surface area contributed by atoms with E-state index in [-0.39, 0.29) is 0 Å². The summed E-state index contributed by atoms with van der Waals surface area (Å²) >= 11 is 6.09. The van der Waals surface area contributed by atoms with Gasteiger partial charge in [-0.2, -0.15) is 4.98 Å². The largest absolute Gasteiger partial charge is 0.422 e. The normalized spacial score (nSPS) is 11.1. The number of aryl methyl sites for hydroxylation is 2. The minimum atomic E-state index is 0.313. The van der Waals surface area contributed by atoms with Crippen LogP contribution in [0, 0.1) is 13.8 Å². The fourth-order valence-corrected chi connectivity index (χ4v) is 2.01. The Labute approximate surface area is 109 Å². The van der Waals surface area contributed by atoms with E-state index in [4.69, 9.17) is 16.0 Å². The Morgan fingerprint density at radius 1 is 1.11 bits per heavy atom. The molecule has 0 aliphatic rings. The van der Waals surface area contributed by atoms with Crippen LogP contribution in [0.3, 0.4) is 0 Å². The second-order valence-electron chi connectivity index (χ2n) is 4.09. The molecule has 0 spiro atoms. The van der Waals surface area contributed by atoms with Gasteiger partial charge in [0.15, 0.2) is 22.4 Å². The van der Waals surface area contributed by atoms with Crippen LogP contribution in [-0.4, -0.2) is 15.0 Å². The van der Waals surface area contributed by atoms with Gasteiger partial charge in [-0.05, 0) is 13.0 Å². The molecule has 0 N–H and O–H groups in total. The Hall–Kier alpha value is -1.94. The Morgan fingerprint density at radius 2 is 1.94 bits per heavy atom. The molecule has 0 saturated carbocycles. The molecule has 0 atom stereocenters. The first kappa shape index (κ1) is 11.2. The SMILES string of the molecule is Cc1cccc(-c2nc(Cl)c3nc(C)oc3n2)c1. The van der Waals surface area contributed by atoms with E-state index in [1.165, 1.54) is 0 Å². The standard InChI is InChI=1S/C13H10ClN3O/c1-7-4-3-5-9(6-7)12-16-11(14)10-13(17-12)18-8(2)15-10/h3-6H,1-2H3. The van der Waals surface area contributed by atoms with Gasteiger partial charge in [-0.1, -0.05) is 35.4 Å². The van der Waals surface area contributed by atoms with Crippen LogP contribution in [0.25, 0.3) is 22.6 Å². The van der Waals surface area contributed by atoms with E-state index in [2.05, 4.69) is 15.0 Å². The lowest BCUT2D eigenvalue weighted by Crippen LogP contribution is -1.91. The minimum Gasteiger partial charge on any atom is -0.422 e. The molecule has 2 heterocycles. The number of halogens is 1. The predicted octanol–water partition coefficient (Wildman–Crippen LogP) is 3.56. The van der Waals surface area contributed by atoms with E-state index in [0.29, 0.717) is 28.1 Å². The van der Waals surface area contributed by atoms with Crippen molar-refractivity contribution in [2.24, 2.45) is 0 Å². The number of hydrogen-bond acceptors (Lipinski definition) is 4. The van der Waals surface area contributed by atoms with E-state index < -0.39 is 0 Å². The van der Waals surface area contributed by atoms with Gasteiger partial charge >= 0.3 is 0 Å². The van der Waals surface area contributed by atoms with Crippen LogP contribution in [0.2, 0.25) is 5.15 Å². The van der Waals surface area contributed by atoms with Crippen molar-refractivity contribution in [3.8, 4) is 11.4 Å². The van der Waals surface area contributed by atoms with E-state index in [1.807, 2.05) is 31.2 Å². The van der Waals surface area contributed by atoms with Gasteiger partial charge in [0.25, 0.3) is 5.71 Å². The molecular weight excluding hydrogens is 250 g/mol. The smallest absolute Gasteiger partial charge is 0.252 e. The Morgan fingerprint density at radius 3 is 2.72 bits per heavy atom. The van der Waals surface area contributed by atoms with Crippen molar-refractivity contribution in [1.82, 2.24) is 15.0 Å². The topological polar surface area (TPSA) is 51.8 Å². The molecule has 3 rings (SSSR count). The number of benzene rings is 1. The van der Waals surface area contributed by atoms with Gasteiger partial charge in [-0.3, -0.25) is 0 Å². The van der Waals surface area contributed by atoms with Gasteiger partial charge in [0.1, 0.15) is 0 Å². The predicted molar refractivity (Wildman–Crippen MR) is 69.5 cm³/mol. The summed E-state index contributed by atoms with van der Waals surface area (Å²) in [7, 11) is 0. The summed E-state index contributed by atoms with van der Waals surface area (Å²) in [6.45, 7) is 3.77. The van der Waals surface area contributed by atoms with E-state index in [9.17, 15) is 0 Å². The second kappa shape index (κ2) is 4.07. The highest BCUT2D eigenvalue weighted by Crippen LogP contribution is 2.25. The van der Waals surface area contributed by atoms with Crippen LogP contribution in [0.15, 0.2) is 28.7 Å². The third kappa shape index (κ3) is 1.84. The number of aromatic nitrogens is 3. The van der Waals surface area contributed by atoms with Gasteiger partial charge in [-0.25, -0.2) is 9.97 Å². The number of hydrogen-bond donors (Lipinski definition) is 0. The van der Waals surface area contributed by atoms with Crippen LogP contribution < -0.4 is 0 Å². The lowest BCUT2D eigenvalue weighted by molar-refractivity contribution is 0.551. The molecule has 0 aliphatic carbocycles. The van der Waals surface area contributed by atoms with Gasteiger partial charge < -0.3 is 4.42 Å². The number of rotatable bonds is 1. The molecule has 2 aromatic heterocycles. The highest BCUT2D eigenvalue weighted by molar-refractivity contribution is 6.33. The fraction of sp³-hybridized carbons (Fsp3) is 0.154. The van der Waals surface area contributed by atoms with Crippen molar-refractivity contribution in [3.05, 3.63) is 40.9 Å². The van der Waals surface area contributed by atoms with E-state index in [0.717, 1.165) is 11.1 Å². The summed E-state index contributed by atoms with van der Waals surface area (Å²) < 4.78 is 5.39. The first-order valence-electron chi connectivity index (χ1n) is 5.51. The Bertz CT molecular complexity index is 736. The molecule has 0 unspecified atom stereocenters. The third-order valence-electron chi connectivity index (χ3n) is 2.60. The summed E-state index contributed by atoms with van der Waals surface area (Å²) in [5, 5.41) is 0.313. The van der Waals surface area contributed by atoms with Crippen LogP contribution in [0.5, 0.6) is 0 Å². The summed E-state index contributed by atoms with van der Waals surface area (Å²) in [4.78, 5) is 12.7. The van der Waals surface area contributed by atoms with Crippen LogP contribution in [0.4, 0.5) is 0 Å². The molecule has 5 heteroatoms. The molecule has 0 bridgehead atoms. The molecule has 1 aromatic carbocycles. The Balaban J connectivity index is 2.24. The molecule has 90 valence electrons.